The summed E-state index contributed by atoms with van der Waals surface area (Å²) in [6.45, 7) is 7.62. The molecule has 19 heavy (non-hydrogen) atoms. The van der Waals surface area contributed by atoms with Gasteiger partial charge in [-0.05, 0) is 43.9 Å². The van der Waals surface area contributed by atoms with E-state index in [1.54, 1.807) is 0 Å². The molecule has 1 aliphatic rings. The summed E-state index contributed by atoms with van der Waals surface area (Å²) in [5, 5.41) is 3.04. The van der Waals surface area contributed by atoms with Crippen LogP contribution >= 0.6 is 0 Å². The Kier molecular flexibility index (Phi) is 4.10. The number of urea groups is 1. The molecule has 1 fully saturated rings. The Morgan fingerprint density at radius 1 is 1.42 bits per heavy atom. The summed E-state index contributed by atoms with van der Waals surface area (Å²) in [4.78, 5) is 13.7. The Balaban J connectivity index is 2.03. The molecule has 4 nitrogen and oxygen atoms in total. The second-order valence-electron chi connectivity index (χ2n) is 5.56. The molecule has 1 aliphatic heterocycles. The van der Waals surface area contributed by atoms with Gasteiger partial charge < -0.3 is 16.0 Å². The van der Waals surface area contributed by atoms with Crippen molar-refractivity contribution in [3.63, 3.8) is 0 Å². The molecule has 2 atom stereocenters. The molecule has 4 heteroatoms. The minimum absolute atomic E-state index is 0.0175. The quantitative estimate of drug-likeness (QED) is 0.872. The summed E-state index contributed by atoms with van der Waals surface area (Å²) in [7, 11) is 0. The van der Waals surface area contributed by atoms with Gasteiger partial charge in [-0.15, -0.1) is 0 Å². The van der Waals surface area contributed by atoms with Crippen molar-refractivity contribution >= 4 is 6.03 Å². The summed E-state index contributed by atoms with van der Waals surface area (Å²) in [6, 6.07) is 6.62. The maximum Gasteiger partial charge on any atom is 0.318 e. The normalized spacial score (nSPS) is 20.5. The number of carbonyl (C=O) groups is 1. The van der Waals surface area contributed by atoms with Crippen LogP contribution in [0.2, 0.25) is 0 Å². The number of rotatable bonds is 4. The molecule has 2 rings (SSSR count). The average molecular weight is 261 g/mol. The molecular weight excluding hydrogens is 238 g/mol. The highest BCUT2D eigenvalue weighted by atomic mass is 16.2. The lowest BCUT2D eigenvalue weighted by atomic mass is 10.0. The number of amides is 2. The number of hydrogen-bond donors (Lipinski definition) is 2. The lowest BCUT2D eigenvalue weighted by molar-refractivity contribution is 0.216. The minimum atomic E-state index is 0.0175. The van der Waals surface area contributed by atoms with E-state index in [1.807, 2.05) is 11.8 Å². The van der Waals surface area contributed by atoms with Crippen LogP contribution < -0.4 is 11.1 Å². The van der Waals surface area contributed by atoms with Crippen LogP contribution in [0.3, 0.4) is 0 Å². The summed E-state index contributed by atoms with van der Waals surface area (Å²) >= 11 is 0. The highest BCUT2D eigenvalue weighted by Crippen LogP contribution is 2.22. The van der Waals surface area contributed by atoms with Crippen molar-refractivity contribution in [2.24, 2.45) is 5.73 Å². The van der Waals surface area contributed by atoms with E-state index in [0.29, 0.717) is 0 Å². The molecule has 3 N–H and O–H groups in total. The topological polar surface area (TPSA) is 58.4 Å². The van der Waals surface area contributed by atoms with Crippen LogP contribution in [0.15, 0.2) is 18.2 Å². The van der Waals surface area contributed by atoms with Crippen LogP contribution in [0.4, 0.5) is 4.79 Å². The van der Waals surface area contributed by atoms with Crippen LogP contribution in [0.25, 0.3) is 0 Å². The third-order valence-electron chi connectivity index (χ3n) is 3.78. The van der Waals surface area contributed by atoms with Crippen LogP contribution in [0.1, 0.15) is 36.1 Å². The van der Waals surface area contributed by atoms with Crippen molar-refractivity contribution in [2.45, 2.75) is 39.3 Å². The Hall–Kier alpha value is -1.55. The molecule has 0 spiro atoms. The molecule has 1 heterocycles. The number of nitrogens with one attached hydrogen (secondary N) is 1. The smallest absolute Gasteiger partial charge is 0.318 e. The number of nitrogens with two attached hydrogens (primary N) is 1. The minimum Gasteiger partial charge on any atom is -0.329 e. The molecule has 2 amide bonds. The number of carbonyl (C=O) groups excluding carboxylic acids is 1. The highest BCUT2D eigenvalue weighted by molar-refractivity contribution is 5.77. The molecule has 2 unspecified atom stereocenters. The molecule has 0 aromatic heterocycles. The second-order valence-corrected chi connectivity index (χ2v) is 5.56. The van der Waals surface area contributed by atoms with Gasteiger partial charge in [0.15, 0.2) is 0 Å². The maximum absolute atomic E-state index is 11.9. The van der Waals surface area contributed by atoms with Crippen molar-refractivity contribution in [3.05, 3.63) is 34.9 Å². The van der Waals surface area contributed by atoms with Gasteiger partial charge in [-0.2, -0.15) is 0 Å². The van der Waals surface area contributed by atoms with Crippen molar-refractivity contribution in [2.75, 3.05) is 13.1 Å². The van der Waals surface area contributed by atoms with E-state index >= 15 is 0 Å². The molecule has 1 saturated heterocycles. The average Bonchev–Trinajstić information content (AvgIpc) is 2.71. The Morgan fingerprint density at radius 3 is 2.79 bits per heavy atom. The largest absolute Gasteiger partial charge is 0.329 e. The third-order valence-corrected chi connectivity index (χ3v) is 3.78. The molecular formula is C15H23N3O. The number of benzene rings is 1. The monoisotopic (exact) mass is 261 g/mol. The number of hydrogen-bond acceptors (Lipinski definition) is 2. The summed E-state index contributed by atoms with van der Waals surface area (Å²) in [5.41, 5.74) is 9.46. The number of nitrogens with zero attached hydrogens (tertiary/aromatic N) is 1. The van der Waals surface area contributed by atoms with E-state index in [9.17, 15) is 4.79 Å². The fourth-order valence-corrected chi connectivity index (χ4v) is 2.31. The summed E-state index contributed by atoms with van der Waals surface area (Å²) in [6.07, 6.45) is 0.840. The van der Waals surface area contributed by atoms with Gasteiger partial charge in [0.05, 0.1) is 6.04 Å². The molecule has 0 bridgehead atoms. The lowest BCUT2D eigenvalue weighted by Gasteiger charge is -2.16. The number of aryl methyl sites for hydroxylation is 2. The predicted octanol–water partition coefficient (Wildman–Crippen LogP) is 2.11. The second kappa shape index (κ2) is 5.61. The van der Waals surface area contributed by atoms with Gasteiger partial charge in [-0.1, -0.05) is 18.2 Å². The van der Waals surface area contributed by atoms with Gasteiger partial charge >= 0.3 is 6.03 Å². The first-order chi connectivity index (χ1) is 8.97. The van der Waals surface area contributed by atoms with E-state index in [1.165, 1.54) is 16.7 Å². The Bertz CT molecular complexity index is 470. The van der Waals surface area contributed by atoms with Gasteiger partial charge in [0.1, 0.15) is 0 Å². The van der Waals surface area contributed by atoms with Crippen molar-refractivity contribution in [3.8, 4) is 0 Å². The third kappa shape index (κ3) is 3.26. The zero-order chi connectivity index (χ0) is 14.0. The van der Waals surface area contributed by atoms with Crippen LogP contribution in [0.5, 0.6) is 0 Å². The van der Waals surface area contributed by atoms with Gasteiger partial charge in [-0.25, -0.2) is 4.79 Å². The van der Waals surface area contributed by atoms with Gasteiger partial charge in [-0.3, -0.25) is 0 Å². The first-order valence-corrected chi connectivity index (χ1v) is 6.85. The van der Waals surface area contributed by atoms with Crippen molar-refractivity contribution in [1.29, 1.82) is 0 Å². The Labute approximate surface area is 115 Å². The zero-order valence-electron chi connectivity index (χ0n) is 11.9. The summed E-state index contributed by atoms with van der Waals surface area (Å²) < 4.78 is 0. The standard InChI is InChI=1S/C15H23N3O/c1-10-4-5-13(8-11(10)2)14-9-18(15(19)17-14)7-6-12(3)16/h4-5,8,12,14H,6-7,9,16H2,1-3H3,(H,17,19). The van der Waals surface area contributed by atoms with Crippen molar-refractivity contribution < 1.29 is 4.79 Å². The molecule has 0 radical (unpaired) electrons. The van der Waals surface area contributed by atoms with Crippen LogP contribution in [-0.4, -0.2) is 30.1 Å². The van der Waals surface area contributed by atoms with E-state index in [4.69, 9.17) is 5.73 Å². The zero-order valence-corrected chi connectivity index (χ0v) is 11.9. The van der Waals surface area contributed by atoms with Crippen molar-refractivity contribution in [1.82, 2.24) is 10.2 Å². The van der Waals surface area contributed by atoms with E-state index in [0.717, 1.165) is 19.5 Å². The van der Waals surface area contributed by atoms with Crippen LogP contribution in [0, 0.1) is 13.8 Å². The van der Waals surface area contributed by atoms with E-state index < -0.39 is 0 Å². The van der Waals surface area contributed by atoms with Gasteiger partial charge in [0, 0.05) is 19.1 Å². The van der Waals surface area contributed by atoms with Gasteiger partial charge in [0.25, 0.3) is 0 Å². The summed E-state index contributed by atoms with van der Waals surface area (Å²) in [5.74, 6) is 0. The van der Waals surface area contributed by atoms with Gasteiger partial charge in [0.2, 0.25) is 0 Å². The maximum atomic E-state index is 11.9. The fraction of sp³-hybridized carbons (Fsp3) is 0.533. The molecule has 0 saturated carbocycles. The van der Waals surface area contributed by atoms with E-state index in [2.05, 4.69) is 37.4 Å². The SMILES string of the molecule is Cc1ccc(C2CN(CCC(C)N)C(=O)N2)cc1C. The fourth-order valence-electron chi connectivity index (χ4n) is 2.31. The molecule has 1 aromatic carbocycles. The predicted molar refractivity (Wildman–Crippen MR) is 77.0 cm³/mol. The molecule has 0 aliphatic carbocycles. The molecule has 1 aromatic rings. The highest BCUT2D eigenvalue weighted by Gasteiger charge is 2.29. The first-order valence-electron chi connectivity index (χ1n) is 6.85. The molecule has 104 valence electrons. The lowest BCUT2D eigenvalue weighted by Crippen LogP contribution is -2.32. The van der Waals surface area contributed by atoms with Crippen LogP contribution in [-0.2, 0) is 0 Å². The van der Waals surface area contributed by atoms with E-state index in [-0.39, 0.29) is 18.1 Å². The first kappa shape index (κ1) is 13.9. The Morgan fingerprint density at radius 2 is 2.16 bits per heavy atom.